The molecule has 1 unspecified atom stereocenters. The van der Waals surface area contributed by atoms with Gasteiger partial charge in [0.25, 0.3) is 0 Å². The van der Waals surface area contributed by atoms with Gasteiger partial charge in [-0.25, -0.2) is 0 Å². The van der Waals surface area contributed by atoms with Crippen LogP contribution in [0.2, 0.25) is 24.3 Å². The average molecular weight is 418 g/mol. The zero-order valence-electron chi connectivity index (χ0n) is 13.0. The number of halogens is 1. The molecule has 0 bridgehead atoms. The Kier molecular flexibility index (Phi) is 7.00. The van der Waals surface area contributed by atoms with E-state index in [2.05, 4.69) is 32.4 Å². The Morgan fingerprint density at radius 3 is 2.43 bits per heavy atom. The van der Waals surface area contributed by atoms with Crippen LogP contribution < -0.4 is 10.6 Å². The number of imide groups is 1. The fourth-order valence-corrected chi connectivity index (χ4v) is 8.85. The summed E-state index contributed by atoms with van der Waals surface area (Å²) in [7, 11) is 0. The molecule has 0 aliphatic carbocycles. The molecule has 1 rings (SSSR count). The summed E-state index contributed by atoms with van der Waals surface area (Å²) in [4.78, 5) is 30.7. The van der Waals surface area contributed by atoms with Crippen molar-refractivity contribution in [3.63, 3.8) is 0 Å². The molecule has 0 aromatic heterocycles. The van der Waals surface area contributed by atoms with Gasteiger partial charge in [-0.2, -0.15) is 0 Å². The van der Waals surface area contributed by atoms with Gasteiger partial charge in [0.15, 0.2) is 0 Å². The first kappa shape index (κ1) is 18.3. The normalized spacial score (nSPS) is 12.6. The molecular weight excluding hydrogens is 394 g/mol. The van der Waals surface area contributed by atoms with Gasteiger partial charge in [-0.1, -0.05) is 0 Å². The van der Waals surface area contributed by atoms with E-state index in [4.69, 9.17) is 11.6 Å². The van der Waals surface area contributed by atoms with E-state index in [1.165, 1.54) is 4.44 Å². The summed E-state index contributed by atoms with van der Waals surface area (Å²) in [5.74, 6) is -0.0530. The van der Waals surface area contributed by atoms with Gasteiger partial charge in [0.05, 0.1) is 0 Å². The van der Waals surface area contributed by atoms with Crippen molar-refractivity contribution < 1.29 is 9.59 Å². The Bertz CT molecular complexity index is 515. The fraction of sp³-hybridized carbons (Fsp3) is 0.467. The molecule has 2 N–H and O–H groups in total. The number of rotatable bonds is 5. The number of nitrogens with one attached hydrogen (secondary N) is 2. The van der Waals surface area contributed by atoms with Gasteiger partial charge in [-0.05, 0) is 0 Å². The minimum absolute atomic E-state index is 0.299. The van der Waals surface area contributed by atoms with Gasteiger partial charge in [-0.3, -0.25) is 0 Å². The van der Waals surface area contributed by atoms with Crippen molar-refractivity contribution in [2.75, 3.05) is 6.54 Å². The summed E-state index contributed by atoms with van der Waals surface area (Å²) in [6.07, 6.45) is 0. The van der Waals surface area contributed by atoms with Gasteiger partial charge in [0.2, 0.25) is 0 Å². The Morgan fingerprint density at radius 1 is 1.24 bits per heavy atom. The summed E-state index contributed by atoms with van der Waals surface area (Å²) >= 11 is 4.08. The molecule has 0 saturated carbocycles. The van der Waals surface area contributed by atoms with E-state index in [0.29, 0.717) is 23.0 Å². The molecule has 1 atom stereocenters. The third kappa shape index (κ3) is 7.18. The van der Waals surface area contributed by atoms with Crippen LogP contribution in [-0.2, 0) is 0 Å². The number of carbonyl (C=O) groups excluding carboxylic acids is 2. The van der Waals surface area contributed by atoms with E-state index in [-0.39, 0.29) is 0 Å². The number of urea groups is 1. The summed E-state index contributed by atoms with van der Waals surface area (Å²) < 4.78 is 1.20. The third-order valence-electron chi connectivity index (χ3n) is 2.92. The number of hydrogen-bond donors (Lipinski definition) is 2. The van der Waals surface area contributed by atoms with Crippen LogP contribution in [0.15, 0.2) is 24.3 Å². The van der Waals surface area contributed by atoms with Gasteiger partial charge >= 0.3 is 136 Å². The quantitative estimate of drug-likeness (QED) is 0.717. The average Bonchev–Trinajstić information content (AvgIpc) is 2.34. The number of benzene rings is 1. The third-order valence-corrected chi connectivity index (χ3v) is 8.73. The van der Waals surface area contributed by atoms with Gasteiger partial charge in [0, 0.05) is 0 Å². The molecular formula is C15H23ClN2O2Sn. The fourth-order valence-electron chi connectivity index (χ4n) is 2.24. The van der Waals surface area contributed by atoms with Crippen molar-refractivity contribution in [2.45, 2.75) is 26.2 Å². The van der Waals surface area contributed by atoms with E-state index in [1.807, 2.05) is 0 Å². The topological polar surface area (TPSA) is 58.2 Å². The van der Waals surface area contributed by atoms with Crippen molar-refractivity contribution >= 4 is 41.9 Å². The second-order valence-electron chi connectivity index (χ2n) is 6.51. The molecule has 6 heteroatoms. The monoisotopic (exact) mass is 418 g/mol. The van der Waals surface area contributed by atoms with Crippen molar-refractivity contribution in [3.05, 3.63) is 34.9 Å². The first-order valence-electron chi connectivity index (χ1n) is 7.03. The number of carbonyl (C=O) groups is 2. The Labute approximate surface area is 135 Å². The SMILES string of the molecule is CC(CNC(=O)NC(=O)c1ccccc1Cl)[CH2][Sn]([CH3])([CH3])[CH3]. The number of amides is 3. The molecule has 0 spiro atoms. The number of hydrogen-bond acceptors (Lipinski definition) is 2. The molecule has 3 amide bonds. The van der Waals surface area contributed by atoms with Crippen LogP contribution in [0.4, 0.5) is 4.79 Å². The van der Waals surface area contributed by atoms with Crippen molar-refractivity contribution in [2.24, 2.45) is 5.92 Å². The molecule has 0 radical (unpaired) electrons. The van der Waals surface area contributed by atoms with Gasteiger partial charge in [-0.15, -0.1) is 0 Å². The van der Waals surface area contributed by atoms with Crippen LogP contribution in [0.1, 0.15) is 17.3 Å². The van der Waals surface area contributed by atoms with Crippen LogP contribution in [0, 0.1) is 5.92 Å². The van der Waals surface area contributed by atoms with Crippen molar-refractivity contribution in [1.29, 1.82) is 0 Å². The molecule has 0 heterocycles. The first-order valence-corrected chi connectivity index (χ1v) is 18.0. The van der Waals surface area contributed by atoms with Gasteiger partial charge in [0.1, 0.15) is 0 Å². The van der Waals surface area contributed by atoms with E-state index in [0.717, 1.165) is 0 Å². The van der Waals surface area contributed by atoms with Crippen LogP contribution in [-0.4, -0.2) is 36.9 Å². The zero-order valence-corrected chi connectivity index (χ0v) is 16.6. The molecule has 0 saturated heterocycles. The van der Waals surface area contributed by atoms with E-state index >= 15 is 0 Å². The summed E-state index contributed by atoms with van der Waals surface area (Å²) in [5.41, 5.74) is 0.299. The Balaban J connectivity index is 2.44. The van der Waals surface area contributed by atoms with Crippen LogP contribution in [0.5, 0.6) is 0 Å². The van der Waals surface area contributed by atoms with Crippen LogP contribution in [0.3, 0.4) is 0 Å². The standard InChI is InChI=1S/C12H14ClN2O2.3CH3.Sn/c1-8(2)7-14-12(17)15-11(16)9-5-3-4-6-10(9)13;;;;/h3-6,8H,1,7H2,2H3,(H2,14,15,16,17);3*1H3;. The van der Waals surface area contributed by atoms with E-state index < -0.39 is 30.3 Å². The Hall–Kier alpha value is -0.751. The molecule has 0 fully saturated rings. The van der Waals surface area contributed by atoms with E-state index in [9.17, 15) is 9.59 Å². The van der Waals surface area contributed by atoms with Crippen LogP contribution >= 0.6 is 11.6 Å². The maximum atomic E-state index is 11.9. The molecule has 0 aliphatic rings. The first-order chi connectivity index (χ1) is 9.69. The zero-order chi connectivity index (χ0) is 16.0. The summed E-state index contributed by atoms with van der Waals surface area (Å²) in [6, 6.07) is 6.17. The molecule has 116 valence electrons. The second kappa shape index (κ2) is 8.03. The van der Waals surface area contributed by atoms with Gasteiger partial charge < -0.3 is 0 Å². The maximum absolute atomic E-state index is 11.9. The molecule has 1 aromatic rings. The summed E-state index contributed by atoms with van der Waals surface area (Å²) in [6.45, 7) is 2.70. The molecule has 4 nitrogen and oxygen atoms in total. The predicted molar refractivity (Wildman–Crippen MR) is 89.6 cm³/mol. The summed E-state index contributed by atoms with van der Waals surface area (Å²) in [5, 5.41) is 5.38. The molecule has 1 aromatic carbocycles. The molecule has 21 heavy (non-hydrogen) atoms. The minimum atomic E-state index is -1.83. The predicted octanol–water partition coefficient (Wildman–Crippen LogP) is 3.75. The van der Waals surface area contributed by atoms with Crippen LogP contribution in [0.25, 0.3) is 0 Å². The van der Waals surface area contributed by atoms with Crippen molar-refractivity contribution in [3.8, 4) is 0 Å². The second-order valence-corrected chi connectivity index (χ2v) is 22.7. The molecule has 0 aliphatic heterocycles. The van der Waals surface area contributed by atoms with E-state index in [1.54, 1.807) is 24.3 Å². The Morgan fingerprint density at radius 2 is 1.86 bits per heavy atom. The van der Waals surface area contributed by atoms with Crippen molar-refractivity contribution in [1.82, 2.24) is 10.6 Å².